The molecule has 0 radical (unpaired) electrons. The van der Waals surface area contributed by atoms with Crippen molar-refractivity contribution in [1.82, 2.24) is 9.78 Å². The van der Waals surface area contributed by atoms with Crippen LogP contribution in [0.15, 0.2) is 28.9 Å². The molecule has 0 spiro atoms. The van der Waals surface area contributed by atoms with Crippen molar-refractivity contribution in [2.24, 2.45) is 5.73 Å². The van der Waals surface area contributed by atoms with Crippen LogP contribution in [0.1, 0.15) is 30.6 Å². The largest absolute Gasteiger partial charge is 0.322 e. The lowest BCUT2D eigenvalue weighted by Crippen LogP contribution is -2.19. The van der Waals surface area contributed by atoms with Crippen LogP contribution < -0.4 is 5.73 Å². The molecule has 0 fully saturated rings. The van der Waals surface area contributed by atoms with Crippen molar-refractivity contribution in [3.05, 3.63) is 51.8 Å². The zero-order valence-electron chi connectivity index (χ0n) is 11.1. The Labute approximate surface area is 124 Å². The highest BCUT2D eigenvalue weighted by molar-refractivity contribution is 9.10. The molecule has 0 saturated carbocycles. The second kappa shape index (κ2) is 6.45. The Balaban J connectivity index is 2.23. The van der Waals surface area contributed by atoms with Crippen molar-refractivity contribution in [1.29, 1.82) is 0 Å². The van der Waals surface area contributed by atoms with Crippen LogP contribution in [0.25, 0.3) is 0 Å². The van der Waals surface area contributed by atoms with Crippen molar-refractivity contribution in [3.63, 3.8) is 0 Å². The molecule has 0 bridgehead atoms. The van der Waals surface area contributed by atoms with E-state index in [9.17, 15) is 8.78 Å². The Hall–Kier alpha value is -1.27. The van der Waals surface area contributed by atoms with Crippen molar-refractivity contribution in [3.8, 4) is 0 Å². The lowest BCUT2D eigenvalue weighted by Gasteiger charge is -2.15. The summed E-state index contributed by atoms with van der Waals surface area (Å²) in [5.41, 5.74) is 7.39. The van der Waals surface area contributed by atoms with Gasteiger partial charge in [-0.1, -0.05) is 13.0 Å². The Morgan fingerprint density at radius 2 is 2.15 bits per heavy atom. The van der Waals surface area contributed by atoms with Gasteiger partial charge in [-0.3, -0.25) is 4.68 Å². The second-order valence-electron chi connectivity index (χ2n) is 4.65. The fourth-order valence-corrected chi connectivity index (χ4v) is 2.74. The van der Waals surface area contributed by atoms with Crippen LogP contribution in [-0.4, -0.2) is 9.78 Å². The standard InChI is InChI=1S/C14H16BrF2N3/c1-2-5-20-14(11(15)8-19-20)13(18)6-9-3-4-10(16)7-12(9)17/h3-4,7-8,13H,2,5-6,18H2,1H3. The molecule has 2 aromatic rings. The molecule has 1 aromatic heterocycles. The molecule has 1 heterocycles. The quantitative estimate of drug-likeness (QED) is 0.901. The molecule has 1 atom stereocenters. The van der Waals surface area contributed by atoms with Gasteiger partial charge in [-0.05, 0) is 40.4 Å². The van der Waals surface area contributed by atoms with Gasteiger partial charge >= 0.3 is 0 Å². The first-order valence-electron chi connectivity index (χ1n) is 6.43. The Morgan fingerprint density at radius 3 is 2.80 bits per heavy atom. The maximum Gasteiger partial charge on any atom is 0.129 e. The predicted octanol–water partition coefficient (Wildman–Crippen LogP) is 3.58. The third-order valence-electron chi connectivity index (χ3n) is 3.07. The molecule has 2 N–H and O–H groups in total. The van der Waals surface area contributed by atoms with E-state index in [-0.39, 0.29) is 0 Å². The average Bonchev–Trinajstić information content (AvgIpc) is 2.74. The van der Waals surface area contributed by atoms with Gasteiger partial charge in [0.15, 0.2) is 0 Å². The average molecular weight is 344 g/mol. The smallest absolute Gasteiger partial charge is 0.129 e. The van der Waals surface area contributed by atoms with E-state index >= 15 is 0 Å². The molecule has 0 aliphatic carbocycles. The molecular formula is C14H16BrF2N3. The van der Waals surface area contributed by atoms with Crippen LogP contribution in [-0.2, 0) is 13.0 Å². The van der Waals surface area contributed by atoms with E-state index in [0.717, 1.165) is 29.2 Å². The molecule has 1 aromatic carbocycles. The van der Waals surface area contributed by atoms with Crippen molar-refractivity contribution in [2.45, 2.75) is 32.4 Å². The molecule has 0 saturated heterocycles. The highest BCUT2D eigenvalue weighted by Gasteiger charge is 2.18. The van der Waals surface area contributed by atoms with Crippen LogP contribution in [0.2, 0.25) is 0 Å². The monoisotopic (exact) mass is 343 g/mol. The van der Waals surface area contributed by atoms with Crippen LogP contribution in [0, 0.1) is 11.6 Å². The first-order valence-corrected chi connectivity index (χ1v) is 7.23. The number of nitrogens with zero attached hydrogens (tertiary/aromatic N) is 2. The van der Waals surface area contributed by atoms with Gasteiger partial charge in [0.05, 0.1) is 22.4 Å². The van der Waals surface area contributed by atoms with E-state index in [0.29, 0.717) is 12.0 Å². The van der Waals surface area contributed by atoms with Gasteiger partial charge in [0.1, 0.15) is 11.6 Å². The van der Waals surface area contributed by atoms with Crippen LogP contribution >= 0.6 is 15.9 Å². The number of aromatic nitrogens is 2. The topological polar surface area (TPSA) is 43.8 Å². The second-order valence-corrected chi connectivity index (χ2v) is 5.50. The Morgan fingerprint density at radius 1 is 1.40 bits per heavy atom. The molecule has 0 aliphatic heterocycles. The van der Waals surface area contributed by atoms with Crippen LogP contribution in [0.5, 0.6) is 0 Å². The van der Waals surface area contributed by atoms with Gasteiger partial charge in [-0.2, -0.15) is 5.10 Å². The zero-order chi connectivity index (χ0) is 14.7. The number of nitrogens with two attached hydrogens (primary N) is 1. The molecule has 3 nitrogen and oxygen atoms in total. The third kappa shape index (κ3) is 3.24. The molecule has 108 valence electrons. The number of hydrogen-bond donors (Lipinski definition) is 1. The third-order valence-corrected chi connectivity index (χ3v) is 3.69. The fraction of sp³-hybridized carbons (Fsp3) is 0.357. The van der Waals surface area contributed by atoms with Crippen molar-refractivity contribution >= 4 is 15.9 Å². The molecular weight excluding hydrogens is 328 g/mol. The lowest BCUT2D eigenvalue weighted by atomic mass is 10.0. The highest BCUT2D eigenvalue weighted by atomic mass is 79.9. The maximum absolute atomic E-state index is 13.7. The van der Waals surface area contributed by atoms with E-state index < -0.39 is 17.7 Å². The number of rotatable bonds is 5. The van der Waals surface area contributed by atoms with E-state index in [1.165, 1.54) is 12.1 Å². The first-order chi connectivity index (χ1) is 9.52. The van der Waals surface area contributed by atoms with E-state index in [4.69, 9.17) is 5.73 Å². The molecule has 0 aliphatic rings. The molecule has 0 amide bonds. The number of benzene rings is 1. The van der Waals surface area contributed by atoms with Gasteiger partial charge in [-0.15, -0.1) is 0 Å². The van der Waals surface area contributed by atoms with E-state index in [1.54, 1.807) is 6.20 Å². The summed E-state index contributed by atoms with van der Waals surface area (Å²) >= 11 is 3.41. The maximum atomic E-state index is 13.7. The molecule has 20 heavy (non-hydrogen) atoms. The summed E-state index contributed by atoms with van der Waals surface area (Å²) in [6, 6.07) is 3.14. The van der Waals surface area contributed by atoms with Gasteiger partial charge < -0.3 is 5.73 Å². The Kier molecular flexibility index (Phi) is 4.88. The minimum absolute atomic E-state index is 0.292. The normalized spacial score (nSPS) is 12.7. The minimum Gasteiger partial charge on any atom is -0.322 e. The van der Waals surface area contributed by atoms with Crippen LogP contribution in [0.3, 0.4) is 0 Å². The molecule has 2 rings (SSSR count). The van der Waals surface area contributed by atoms with Crippen molar-refractivity contribution < 1.29 is 8.78 Å². The predicted molar refractivity (Wildman–Crippen MR) is 77.2 cm³/mol. The number of hydrogen-bond acceptors (Lipinski definition) is 2. The van der Waals surface area contributed by atoms with Gasteiger partial charge in [0.25, 0.3) is 0 Å². The summed E-state index contributed by atoms with van der Waals surface area (Å²) in [5.74, 6) is -1.16. The van der Waals surface area contributed by atoms with E-state index in [1.807, 2.05) is 11.6 Å². The summed E-state index contributed by atoms with van der Waals surface area (Å²) in [6.45, 7) is 2.80. The summed E-state index contributed by atoms with van der Waals surface area (Å²) in [4.78, 5) is 0. The van der Waals surface area contributed by atoms with Crippen LogP contribution in [0.4, 0.5) is 8.78 Å². The lowest BCUT2D eigenvalue weighted by molar-refractivity contribution is 0.524. The summed E-state index contributed by atoms with van der Waals surface area (Å²) < 4.78 is 29.2. The summed E-state index contributed by atoms with van der Waals surface area (Å²) in [5, 5.41) is 4.24. The number of aryl methyl sites for hydroxylation is 1. The van der Waals surface area contributed by atoms with E-state index in [2.05, 4.69) is 21.0 Å². The first kappa shape index (κ1) is 15.1. The van der Waals surface area contributed by atoms with Gasteiger partial charge in [0.2, 0.25) is 0 Å². The number of halogens is 3. The molecule has 6 heteroatoms. The minimum atomic E-state index is -0.586. The highest BCUT2D eigenvalue weighted by Crippen LogP contribution is 2.25. The van der Waals surface area contributed by atoms with Gasteiger partial charge in [-0.25, -0.2) is 8.78 Å². The zero-order valence-corrected chi connectivity index (χ0v) is 12.7. The molecule has 1 unspecified atom stereocenters. The Bertz CT molecular complexity index is 598. The van der Waals surface area contributed by atoms with Crippen molar-refractivity contribution in [2.75, 3.05) is 0 Å². The van der Waals surface area contributed by atoms with Gasteiger partial charge in [0, 0.05) is 12.6 Å². The summed E-state index contributed by atoms with van der Waals surface area (Å²) in [7, 11) is 0. The SMILES string of the molecule is CCCn1ncc(Br)c1C(N)Cc1ccc(F)cc1F. The fourth-order valence-electron chi connectivity index (χ4n) is 2.15. The summed E-state index contributed by atoms with van der Waals surface area (Å²) in [6.07, 6.45) is 2.91.